The summed E-state index contributed by atoms with van der Waals surface area (Å²) < 4.78 is 0. The molecule has 2 rings (SSSR count). The van der Waals surface area contributed by atoms with Crippen molar-refractivity contribution in [1.29, 1.82) is 0 Å². The summed E-state index contributed by atoms with van der Waals surface area (Å²) in [6.07, 6.45) is 4.81. The molecule has 3 unspecified atom stereocenters. The Morgan fingerprint density at radius 2 is 2.00 bits per heavy atom. The molecule has 2 aliphatic rings. The molecule has 3 atom stereocenters. The third-order valence-corrected chi connectivity index (χ3v) is 4.55. The van der Waals surface area contributed by atoms with Crippen molar-refractivity contribution in [3.05, 3.63) is 0 Å². The van der Waals surface area contributed by atoms with E-state index in [2.05, 4.69) is 13.8 Å². The topological polar surface area (TPSA) is 57.6 Å². The highest BCUT2D eigenvalue weighted by atomic mass is 16.4. The zero-order chi connectivity index (χ0) is 13.3. The van der Waals surface area contributed by atoms with Gasteiger partial charge in [-0.3, -0.25) is 9.59 Å². The molecule has 1 N–H and O–H groups in total. The van der Waals surface area contributed by atoms with Crippen molar-refractivity contribution in [2.24, 2.45) is 17.8 Å². The number of carbonyl (C=O) groups is 2. The Bertz CT molecular complexity index is 340. The molecule has 1 aliphatic heterocycles. The highest BCUT2D eigenvalue weighted by Gasteiger charge is 2.41. The van der Waals surface area contributed by atoms with Gasteiger partial charge >= 0.3 is 5.97 Å². The number of aliphatic carboxylic acids is 1. The maximum Gasteiger partial charge on any atom is 0.308 e. The lowest BCUT2D eigenvalue weighted by Crippen LogP contribution is -2.45. The van der Waals surface area contributed by atoms with Gasteiger partial charge in [-0.2, -0.15) is 0 Å². The van der Waals surface area contributed by atoms with Crippen molar-refractivity contribution in [2.75, 3.05) is 6.54 Å². The lowest BCUT2D eigenvalue weighted by molar-refractivity contribution is -0.141. The molecule has 0 aromatic rings. The van der Waals surface area contributed by atoms with Gasteiger partial charge in [0.05, 0.1) is 5.92 Å². The third-order valence-electron chi connectivity index (χ3n) is 4.55. The number of likely N-dealkylation sites (tertiary alicyclic amines) is 1. The van der Waals surface area contributed by atoms with E-state index in [-0.39, 0.29) is 18.4 Å². The first-order valence-corrected chi connectivity index (χ1v) is 7.03. The van der Waals surface area contributed by atoms with Crippen LogP contribution in [0.15, 0.2) is 0 Å². The largest absolute Gasteiger partial charge is 0.481 e. The van der Waals surface area contributed by atoms with E-state index in [1.165, 1.54) is 12.8 Å². The maximum atomic E-state index is 12.0. The van der Waals surface area contributed by atoms with E-state index in [1.807, 2.05) is 4.90 Å². The van der Waals surface area contributed by atoms with Gasteiger partial charge in [0.25, 0.3) is 0 Å². The second-order valence-corrected chi connectivity index (χ2v) is 6.05. The summed E-state index contributed by atoms with van der Waals surface area (Å²) >= 11 is 0. The number of hydrogen-bond donors (Lipinski definition) is 1. The molecule has 18 heavy (non-hydrogen) atoms. The standard InChI is InChI=1S/C14H23NO3/c1-9(2)11-5-3-4-6-12(11)15-8-10(14(17)18)7-13(15)16/h9-12H,3-8H2,1-2H3,(H,17,18). The second kappa shape index (κ2) is 5.29. The molecule has 4 heteroatoms. The summed E-state index contributed by atoms with van der Waals surface area (Å²) in [4.78, 5) is 24.9. The predicted molar refractivity (Wildman–Crippen MR) is 68.0 cm³/mol. The summed E-state index contributed by atoms with van der Waals surface area (Å²) in [6, 6.07) is 0.274. The highest BCUT2D eigenvalue weighted by molar-refractivity contribution is 5.86. The van der Waals surface area contributed by atoms with E-state index in [9.17, 15) is 9.59 Å². The Balaban J connectivity index is 2.09. The molecular formula is C14H23NO3. The summed E-state index contributed by atoms with van der Waals surface area (Å²) in [5.74, 6) is -0.183. The molecule has 0 bridgehead atoms. The Hall–Kier alpha value is -1.06. The predicted octanol–water partition coefficient (Wildman–Crippen LogP) is 2.13. The molecule has 0 aromatic carbocycles. The molecule has 1 saturated carbocycles. The van der Waals surface area contributed by atoms with Gasteiger partial charge in [-0.25, -0.2) is 0 Å². The van der Waals surface area contributed by atoms with Gasteiger partial charge in [-0.1, -0.05) is 26.7 Å². The normalized spacial score (nSPS) is 33.2. The number of nitrogens with zero attached hydrogens (tertiary/aromatic N) is 1. The van der Waals surface area contributed by atoms with E-state index >= 15 is 0 Å². The van der Waals surface area contributed by atoms with Crippen molar-refractivity contribution >= 4 is 11.9 Å². The number of hydrogen-bond acceptors (Lipinski definition) is 2. The van der Waals surface area contributed by atoms with Crippen LogP contribution in [0.5, 0.6) is 0 Å². The first-order chi connectivity index (χ1) is 8.50. The van der Waals surface area contributed by atoms with E-state index in [4.69, 9.17) is 5.11 Å². The monoisotopic (exact) mass is 253 g/mol. The fourth-order valence-electron chi connectivity index (χ4n) is 3.52. The number of carboxylic acids is 1. The van der Waals surface area contributed by atoms with Crippen LogP contribution in [0.1, 0.15) is 46.0 Å². The van der Waals surface area contributed by atoms with E-state index < -0.39 is 11.9 Å². The van der Waals surface area contributed by atoms with Crippen LogP contribution in [-0.2, 0) is 9.59 Å². The molecule has 2 fully saturated rings. The average Bonchev–Trinajstić information content (AvgIpc) is 2.71. The minimum Gasteiger partial charge on any atom is -0.481 e. The Kier molecular flexibility index (Phi) is 3.93. The van der Waals surface area contributed by atoms with Gasteiger partial charge in [0.15, 0.2) is 0 Å². The highest BCUT2D eigenvalue weighted by Crippen LogP contribution is 2.36. The number of rotatable bonds is 3. The smallest absolute Gasteiger partial charge is 0.308 e. The van der Waals surface area contributed by atoms with Gasteiger partial charge in [0.1, 0.15) is 0 Å². The zero-order valence-electron chi connectivity index (χ0n) is 11.3. The van der Waals surface area contributed by atoms with Gasteiger partial charge in [0.2, 0.25) is 5.91 Å². The van der Waals surface area contributed by atoms with Gasteiger partial charge < -0.3 is 10.0 Å². The minimum atomic E-state index is -0.831. The van der Waals surface area contributed by atoms with Crippen LogP contribution in [-0.4, -0.2) is 34.5 Å². The Labute approximate surface area is 108 Å². The van der Waals surface area contributed by atoms with Gasteiger partial charge in [-0.15, -0.1) is 0 Å². The van der Waals surface area contributed by atoms with E-state index in [1.54, 1.807) is 0 Å². The van der Waals surface area contributed by atoms with Crippen LogP contribution < -0.4 is 0 Å². The van der Waals surface area contributed by atoms with Crippen LogP contribution in [0.25, 0.3) is 0 Å². The second-order valence-electron chi connectivity index (χ2n) is 6.05. The maximum absolute atomic E-state index is 12.0. The SMILES string of the molecule is CC(C)C1CCCCC1N1CC(C(=O)O)CC1=O. The molecule has 0 spiro atoms. The molecule has 1 saturated heterocycles. The van der Waals surface area contributed by atoms with Crippen molar-refractivity contribution in [3.63, 3.8) is 0 Å². The van der Waals surface area contributed by atoms with Crippen LogP contribution in [0.2, 0.25) is 0 Å². The molecule has 1 amide bonds. The van der Waals surface area contributed by atoms with Crippen molar-refractivity contribution in [2.45, 2.75) is 52.0 Å². The Morgan fingerprint density at radius 3 is 2.56 bits per heavy atom. The van der Waals surface area contributed by atoms with Crippen LogP contribution >= 0.6 is 0 Å². The molecule has 1 heterocycles. The van der Waals surface area contributed by atoms with Crippen LogP contribution in [0, 0.1) is 17.8 Å². The molecule has 102 valence electrons. The van der Waals surface area contributed by atoms with Gasteiger partial charge in [-0.05, 0) is 24.7 Å². The lowest BCUT2D eigenvalue weighted by Gasteiger charge is -2.40. The van der Waals surface area contributed by atoms with E-state index in [0.717, 1.165) is 12.8 Å². The fraction of sp³-hybridized carbons (Fsp3) is 0.857. The molecule has 1 aliphatic carbocycles. The summed E-state index contributed by atoms with van der Waals surface area (Å²) in [6.45, 7) is 4.83. The van der Waals surface area contributed by atoms with Crippen molar-refractivity contribution in [3.8, 4) is 0 Å². The fourth-order valence-corrected chi connectivity index (χ4v) is 3.52. The number of carboxylic acid groups (broad SMARTS) is 1. The summed E-state index contributed by atoms with van der Waals surface area (Å²) in [5.41, 5.74) is 0. The van der Waals surface area contributed by atoms with Crippen LogP contribution in [0.3, 0.4) is 0 Å². The summed E-state index contributed by atoms with van der Waals surface area (Å²) in [7, 11) is 0. The summed E-state index contributed by atoms with van der Waals surface area (Å²) in [5, 5.41) is 9.04. The minimum absolute atomic E-state index is 0.0416. The van der Waals surface area contributed by atoms with Gasteiger partial charge in [0, 0.05) is 19.0 Å². The average molecular weight is 253 g/mol. The Morgan fingerprint density at radius 1 is 1.33 bits per heavy atom. The molecule has 4 nitrogen and oxygen atoms in total. The number of amides is 1. The lowest BCUT2D eigenvalue weighted by atomic mass is 9.77. The molecule has 0 aromatic heterocycles. The van der Waals surface area contributed by atoms with E-state index in [0.29, 0.717) is 18.4 Å². The third kappa shape index (κ3) is 2.52. The molecular weight excluding hydrogens is 230 g/mol. The first-order valence-electron chi connectivity index (χ1n) is 7.03. The quantitative estimate of drug-likeness (QED) is 0.838. The molecule has 0 radical (unpaired) electrons. The van der Waals surface area contributed by atoms with Crippen molar-refractivity contribution < 1.29 is 14.7 Å². The zero-order valence-corrected chi connectivity index (χ0v) is 11.3. The van der Waals surface area contributed by atoms with Crippen molar-refractivity contribution in [1.82, 2.24) is 4.90 Å². The number of carbonyl (C=O) groups excluding carboxylic acids is 1. The van der Waals surface area contributed by atoms with Crippen LogP contribution in [0.4, 0.5) is 0 Å². The first kappa shape index (κ1) is 13.4.